The van der Waals surface area contributed by atoms with E-state index >= 15 is 0 Å². The van der Waals surface area contributed by atoms with Crippen molar-refractivity contribution in [2.75, 3.05) is 25.0 Å². The van der Waals surface area contributed by atoms with E-state index in [0.29, 0.717) is 41.2 Å². The van der Waals surface area contributed by atoms with Crippen molar-refractivity contribution in [3.8, 4) is 17.3 Å². The predicted molar refractivity (Wildman–Crippen MR) is 132 cm³/mol. The Morgan fingerprint density at radius 2 is 1.94 bits per heavy atom. The second kappa shape index (κ2) is 12.3. The molecule has 0 bridgehead atoms. The number of halogens is 1. The number of primary amides is 1. The third-order valence-electron chi connectivity index (χ3n) is 5.25. The molecule has 0 saturated heterocycles. The van der Waals surface area contributed by atoms with Gasteiger partial charge in [0.2, 0.25) is 5.91 Å². The summed E-state index contributed by atoms with van der Waals surface area (Å²) in [6, 6.07) is 18.7. The summed E-state index contributed by atoms with van der Waals surface area (Å²) in [4.78, 5) is 28.5. The predicted octanol–water partition coefficient (Wildman–Crippen LogP) is 2.61. The highest BCUT2D eigenvalue weighted by Gasteiger charge is 2.16. The molecule has 1 heterocycles. The van der Waals surface area contributed by atoms with Crippen LogP contribution in [0.3, 0.4) is 0 Å². The molecule has 0 aliphatic heterocycles. The van der Waals surface area contributed by atoms with Crippen molar-refractivity contribution in [1.82, 2.24) is 15.6 Å². The molecule has 0 aliphatic carbocycles. The maximum absolute atomic E-state index is 13.5. The van der Waals surface area contributed by atoms with Crippen LogP contribution in [0.4, 0.5) is 10.2 Å². The van der Waals surface area contributed by atoms with E-state index in [1.807, 2.05) is 19.1 Å². The topological polar surface area (TPSA) is 133 Å². The Hall–Kier alpha value is -4.29. The number of nitrogens with zero attached hydrogens (tertiary/aromatic N) is 2. The number of aromatic nitrogens is 1. The molecule has 1 atom stereocenters. The summed E-state index contributed by atoms with van der Waals surface area (Å²) in [5, 5.41) is 18.4. The number of anilines is 1. The maximum Gasteiger partial charge on any atom is 0.255 e. The van der Waals surface area contributed by atoms with E-state index in [4.69, 9.17) is 5.73 Å². The molecule has 0 spiro atoms. The zero-order valence-corrected chi connectivity index (χ0v) is 19.3. The number of amides is 2. The molecule has 3 rings (SSSR count). The first-order valence-corrected chi connectivity index (χ1v) is 11.2. The van der Waals surface area contributed by atoms with Crippen molar-refractivity contribution in [2.24, 2.45) is 5.73 Å². The first kappa shape index (κ1) is 25.3. The molecule has 0 radical (unpaired) electrons. The van der Waals surface area contributed by atoms with Gasteiger partial charge in [-0.25, -0.2) is 9.37 Å². The van der Waals surface area contributed by atoms with Crippen LogP contribution in [-0.4, -0.2) is 42.5 Å². The number of hydrogen-bond acceptors (Lipinski definition) is 6. The third kappa shape index (κ3) is 7.35. The quantitative estimate of drug-likeness (QED) is 0.338. The number of benzene rings is 2. The molecule has 0 unspecified atom stereocenters. The Balaban J connectivity index is 1.80. The summed E-state index contributed by atoms with van der Waals surface area (Å²) in [6.45, 7) is 2.52. The van der Waals surface area contributed by atoms with Crippen LogP contribution >= 0.6 is 0 Å². The number of nitrogens with two attached hydrogens (primary N) is 1. The number of pyridine rings is 1. The first-order chi connectivity index (χ1) is 16.9. The molecular weight excluding hydrogens is 447 g/mol. The number of hydrogen-bond donors (Lipinski definition) is 4. The van der Waals surface area contributed by atoms with Crippen molar-refractivity contribution in [3.63, 3.8) is 0 Å². The fourth-order valence-electron chi connectivity index (χ4n) is 3.44. The Morgan fingerprint density at radius 1 is 1.14 bits per heavy atom. The van der Waals surface area contributed by atoms with Gasteiger partial charge in [0, 0.05) is 24.7 Å². The molecule has 2 amide bonds. The highest BCUT2D eigenvalue weighted by molar-refractivity contribution is 5.99. The summed E-state index contributed by atoms with van der Waals surface area (Å²) < 4.78 is 13.5. The van der Waals surface area contributed by atoms with Gasteiger partial charge in [-0.1, -0.05) is 30.3 Å². The molecule has 9 heteroatoms. The molecule has 0 aliphatic rings. The van der Waals surface area contributed by atoms with Gasteiger partial charge in [0.25, 0.3) is 5.91 Å². The minimum absolute atomic E-state index is 0.0124. The van der Waals surface area contributed by atoms with Gasteiger partial charge >= 0.3 is 0 Å². The van der Waals surface area contributed by atoms with Gasteiger partial charge in [0.05, 0.1) is 29.4 Å². The fraction of sp³-hybridized carbons (Fsp3) is 0.231. The summed E-state index contributed by atoms with van der Waals surface area (Å²) in [6.07, 6.45) is 0.521. The van der Waals surface area contributed by atoms with Gasteiger partial charge in [-0.3, -0.25) is 9.59 Å². The number of carbonyl (C=O) groups is 2. The Morgan fingerprint density at radius 3 is 2.69 bits per heavy atom. The van der Waals surface area contributed by atoms with Crippen LogP contribution in [-0.2, 0) is 11.2 Å². The van der Waals surface area contributed by atoms with Gasteiger partial charge < -0.3 is 21.7 Å². The molecular formula is C26H27FN6O2. The van der Waals surface area contributed by atoms with Gasteiger partial charge in [0.15, 0.2) is 0 Å². The summed E-state index contributed by atoms with van der Waals surface area (Å²) in [7, 11) is 0. The highest BCUT2D eigenvalue weighted by Crippen LogP contribution is 2.25. The summed E-state index contributed by atoms with van der Waals surface area (Å²) in [5.74, 6) is -0.791. The first-order valence-electron chi connectivity index (χ1n) is 11.2. The molecule has 180 valence electrons. The Bertz CT molecular complexity index is 1240. The van der Waals surface area contributed by atoms with Gasteiger partial charge in [0.1, 0.15) is 11.6 Å². The lowest BCUT2D eigenvalue weighted by Gasteiger charge is -2.16. The SMILES string of the molecule is C[C@@H](CNC(=O)c1ccc(-c2ccccc2C#N)nc1NCCc1cccc(F)c1)NCC(N)=O. The van der Waals surface area contributed by atoms with Gasteiger partial charge in [-0.2, -0.15) is 5.26 Å². The molecule has 35 heavy (non-hydrogen) atoms. The van der Waals surface area contributed by atoms with E-state index in [0.717, 1.165) is 5.56 Å². The molecule has 3 aromatic rings. The van der Waals surface area contributed by atoms with Crippen molar-refractivity contribution in [1.29, 1.82) is 5.26 Å². The fourth-order valence-corrected chi connectivity index (χ4v) is 3.44. The van der Waals surface area contributed by atoms with E-state index in [-0.39, 0.29) is 30.9 Å². The monoisotopic (exact) mass is 474 g/mol. The van der Waals surface area contributed by atoms with Crippen LogP contribution in [0.2, 0.25) is 0 Å². The average Bonchev–Trinajstić information content (AvgIpc) is 2.86. The van der Waals surface area contributed by atoms with Crippen LogP contribution in [0.25, 0.3) is 11.3 Å². The molecule has 0 saturated carbocycles. The molecule has 0 fully saturated rings. The Labute approximate surface area is 203 Å². The standard InChI is InChI=1S/C26H27FN6O2/c1-17(31-16-24(29)34)15-32-26(35)22-9-10-23(21-8-3-2-6-19(21)14-28)33-25(22)30-12-11-18-5-4-7-20(27)13-18/h2-10,13,17,31H,11-12,15-16H2,1H3,(H2,29,34)(H,30,33)(H,32,35)/t17-/m0/s1. The summed E-state index contributed by atoms with van der Waals surface area (Å²) in [5.41, 5.74) is 7.94. The van der Waals surface area contributed by atoms with Crippen LogP contribution in [0, 0.1) is 17.1 Å². The van der Waals surface area contributed by atoms with Crippen molar-refractivity contribution in [3.05, 3.63) is 83.2 Å². The van der Waals surface area contributed by atoms with Crippen LogP contribution in [0.15, 0.2) is 60.7 Å². The summed E-state index contributed by atoms with van der Waals surface area (Å²) >= 11 is 0. The third-order valence-corrected chi connectivity index (χ3v) is 5.25. The molecule has 8 nitrogen and oxygen atoms in total. The number of nitrogens with one attached hydrogen (secondary N) is 3. The average molecular weight is 475 g/mol. The van der Waals surface area contributed by atoms with Crippen LogP contribution in [0.1, 0.15) is 28.4 Å². The second-order valence-electron chi connectivity index (χ2n) is 8.02. The maximum atomic E-state index is 13.5. The number of rotatable bonds is 11. The number of nitriles is 1. The van der Waals surface area contributed by atoms with Crippen LogP contribution < -0.4 is 21.7 Å². The highest BCUT2D eigenvalue weighted by atomic mass is 19.1. The van der Waals surface area contributed by atoms with E-state index in [1.165, 1.54) is 12.1 Å². The van der Waals surface area contributed by atoms with E-state index in [9.17, 15) is 19.2 Å². The molecule has 1 aromatic heterocycles. The van der Waals surface area contributed by atoms with E-state index in [1.54, 1.807) is 36.4 Å². The molecule has 5 N–H and O–H groups in total. The smallest absolute Gasteiger partial charge is 0.255 e. The lowest BCUT2D eigenvalue weighted by Crippen LogP contribution is -2.42. The molecule has 2 aromatic carbocycles. The van der Waals surface area contributed by atoms with Crippen molar-refractivity contribution < 1.29 is 14.0 Å². The second-order valence-corrected chi connectivity index (χ2v) is 8.02. The normalized spacial score (nSPS) is 11.3. The van der Waals surface area contributed by atoms with E-state index < -0.39 is 5.91 Å². The van der Waals surface area contributed by atoms with E-state index in [2.05, 4.69) is 27.0 Å². The lowest BCUT2D eigenvalue weighted by atomic mass is 10.0. The Kier molecular flexibility index (Phi) is 8.87. The number of carbonyl (C=O) groups excluding carboxylic acids is 2. The minimum Gasteiger partial charge on any atom is -0.369 e. The van der Waals surface area contributed by atoms with Crippen molar-refractivity contribution >= 4 is 17.6 Å². The van der Waals surface area contributed by atoms with Gasteiger partial charge in [-0.15, -0.1) is 0 Å². The largest absolute Gasteiger partial charge is 0.369 e. The minimum atomic E-state index is -0.481. The van der Waals surface area contributed by atoms with Gasteiger partial charge in [-0.05, 0) is 49.2 Å². The van der Waals surface area contributed by atoms with Crippen LogP contribution in [0.5, 0.6) is 0 Å². The zero-order valence-electron chi connectivity index (χ0n) is 19.3. The zero-order chi connectivity index (χ0) is 25.2. The van der Waals surface area contributed by atoms with Crippen molar-refractivity contribution in [2.45, 2.75) is 19.4 Å². The lowest BCUT2D eigenvalue weighted by molar-refractivity contribution is -0.117.